The summed E-state index contributed by atoms with van der Waals surface area (Å²) in [6.45, 7) is 7.55. The molecule has 0 bridgehead atoms. The van der Waals surface area contributed by atoms with E-state index in [0.29, 0.717) is 22.5 Å². The quantitative estimate of drug-likeness (QED) is 0.531. The SMILES string of the molecule is Cc1cccc(NS(=O)(=O)c2cc(NC(=O)c3cccc(CN4CCOCC4)c3)ccc2C)c1. The van der Waals surface area contributed by atoms with E-state index in [1.807, 2.05) is 31.2 Å². The number of carbonyl (C=O) groups is 1. The minimum absolute atomic E-state index is 0.118. The fraction of sp³-hybridized carbons (Fsp3) is 0.269. The van der Waals surface area contributed by atoms with Crippen molar-refractivity contribution in [3.63, 3.8) is 0 Å². The summed E-state index contributed by atoms with van der Waals surface area (Å²) in [5.74, 6) is -0.289. The second kappa shape index (κ2) is 10.4. The predicted molar refractivity (Wildman–Crippen MR) is 134 cm³/mol. The van der Waals surface area contributed by atoms with E-state index >= 15 is 0 Å². The minimum Gasteiger partial charge on any atom is -0.379 e. The van der Waals surface area contributed by atoms with Crippen LogP contribution in [0.5, 0.6) is 0 Å². The predicted octanol–water partition coefficient (Wildman–Crippen LogP) is 4.19. The lowest BCUT2D eigenvalue weighted by Crippen LogP contribution is -2.35. The molecule has 3 aromatic rings. The first kappa shape index (κ1) is 23.9. The summed E-state index contributed by atoms with van der Waals surface area (Å²) in [6, 6.07) is 19.5. The van der Waals surface area contributed by atoms with E-state index in [9.17, 15) is 13.2 Å². The number of nitrogens with one attached hydrogen (secondary N) is 2. The number of morpholine rings is 1. The molecule has 0 saturated carbocycles. The molecule has 0 aromatic heterocycles. The molecular formula is C26H29N3O4S. The van der Waals surface area contributed by atoms with Crippen LogP contribution in [0.3, 0.4) is 0 Å². The number of sulfonamides is 1. The van der Waals surface area contributed by atoms with E-state index in [-0.39, 0.29) is 10.8 Å². The van der Waals surface area contributed by atoms with Gasteiger partial charge in [0.1, 0.15) is 0 Å². The molecule has 178 valence electrons. The van der Waals surface area contributed by atoms with Gasteiger partial charge in [0.05, 0.1) is 18.1 Å². The Balaban J connectivity index is 1.49. The van der Waals surface area contributed by atoms with Crippen molar-refractivity contribution >= 4 is 27.3 Å². The Kier molecular flexibility index (Phi) is 7.31. The first-order valence-electron chi connectivity index (χ1n) is 11.2. The third-order valence-corrected chi connectivity index (χ3v) is 7.23. The molecule has 0 atom stereocenters. The van der Waals surface area contributed by atoms with Gasteiger partial charge in [0.2, 0.25) is 0 Å². The van der Waals surface area contributed by atoms with Crippen molar-refractivity contribution in [3.8, 4) is 0 Å². The van der Waals surface area contributed by atoms with Crippen molar-refractivity contribution in [2.45, 2.75) is 25.3 Å². The number of benzene rings is 3. The van der Waals surface area contributed by atoms with E-state index in [0.717, 1.165) is 44.0 Å². The van der Waals surface area contributed by atoms with Gasteiger partial charge in [-0.1, -0.05) is 30.3 Å². The third-order valence-electron chi connectivity index (χ3n) is 5.70. The molecule has 8 heteroatoms. The van der Waals surface area contributed by atoms with E-state index in [1.165, 1.54) is 6.07 Å². The lowest BCUT2D eigenvalue weighted by molar-refractivity contribution is 0.0342. The number of hydrogen-bond donors (Lipinski definition) is 2. The Morgan fingerprint density at radius 1 is 0.941 bits per heavy atom. The maximum absolute atomic E-state index is 13.0. The summed E-state index contributed by atoms with van der Waals surface area (Å²) in [5, 5.41) is 2.84. The monoisotopic (exact) mass is 479 g/mol. The van der Waals surface area contributed by atoms with Crippen molar-refractivity contribution in [1.29, 1.82) is 0 Å². The summed E-state index contributed by atoms with van der Waals surface area (Å²) in [6.07, 6.45) is 0. The fourth-order valence-corrected chi connectivity index (χ4v) is 5.24. The van der Waals surface area contributed by atoms with Gasteiger partial charge in [-0.3, -0.25) is 14.4 Å². The summed E-state index contributed by atoms with van der Waals surface area (Å²) in [5.41, 5.74) is 4.02. The molecule has 1 amide bonds. The largest absolute Gasteiger partial charge is 0.379 e. The first-order valence-corrected chi connectivity index (χ1v) is 12.7. The number of nitrogens with zero attached hydrogens (tertiary/aromatic N) is 1. The van der Waals surface area contributed by atoms with Gasteiger partial charge in [0, 0.05) is 36.6 Å². The molecule has 34 heavy (non-hydrogen) atoms. The second-order valence-corrected chi connectivity index (χ2v) is 10.1. The Morgan fingerprint density at radius 2 is 1.71 bits per heavy atom. The highest BCUT2D eigenvalue weighted by molar-refractivity contribution is 7.92. The average molecular weight is 480 g/mol. The van der Waals surface area contributed by atoms with Crippen LogP contribution in [0, 0.1) is 13.8 Å². The normalized spacial score (nSPS) is 14.5. The highest BCUT2D eigenvalue weighted by Crippen LogP contribution is 2.24. The smallest absolute Gasteiger partial charge is 0.262 e. The molecule has 0 unspecified atom stereocenters. The number of rotatable bonds is 7. The molecule has 2 N–H and O–H groups in total. The Bertz CT molecular complexity index is 1280. The number of amides is 1. The second-order valence-electron chi connectivity index (χ2n) is 8.50. The van der Waals surface area contributed by atoms with Gasteiger partial charge in [-0.15, -0.1) is 0 Å². The zero-order valence-electron chi connectivity index (χ0n) is 19.4. The topological polar surface area (TPSA) is 87.7 Å². The van der Waals surface area contributed by atoms with Crippen molar-refractivity contribution in [1.82, 2.24) is 4.90 Å². The molecule has 1 aliphatic rings. The number of hydrogen-bond acceptors (Lipinski definition) is 5. The van der Waals surface area contributed by atoms with Gasteiger partial charge < -0.3 is 10.1 Å². The van der Waals surface area contributed by atoms with E-state index in [1.54, 1.807) is 43.3 Å². The van der Waals surface area contributed by atoms with Gasteiger partial charge in [-0.25, -0.2) is 8.42 Å². The Hall–Kier alpha value is -3.20. The van der Waals surface area contributed by atoms with Crippen LogP contribution in [0.15, 0.2) is 71.6 Å². The zero-order chi connectivity index (χ0) is 24.1. The molecule has 0 radical (unpaired) electrons. The van der Waals surface area contributed by atoms with Crippen molar-refractivity contribution in [2.24, 2.45) is 0 Å². The molecule has 1 saturated heterocycles. The van der Waals surface area contributed by atoms with Crippen molar-refractivity contribution in [3.05, 3.63) is 89.0 Å². The number of aryl methyl sites for hydroxylation is 2. The molecule has 3 aromatic carbocycles. The highest BCUT2D eigenvalue weighted by atomic mass is 32.2. The number of carbonyl (C=O) groups excluding carboxylic acids is 1. The zero-order valence-corrected chi connectivity index (χ0v) is 20.2. The lowest BCUT2D eigenvalue weighted by Gasteiger charge is -2.26. The molecule has 7 nitrogen and oxygen atoms in total. The van der Waals surface area contributed by atoms with Gasteiger partial charge in [-0.05, 0) is 66.9 Å². The molecular weight excluding hydrogens is 450 g/mol. The fourth-order valence-electron chi connectivity index (χ4n) is 3.92. The van der Waals surface area contributed by atoms with Gasteiger partial charge in [0.25, 0.3) is 15.9 Å². The van der Waals surface area contributed by atoms with Gasteiger partial charge >= 0.3 is 0 Å². The highest BCUT2D eigenvalue weighted by Gasteiger charge is 2.19. The third kappa shape index (κ3) is 6.02. The van der Waals surface area contributed by atoms with Crippen molar-refractivity contribution < 1.29 is 17.9 Å². The summed E-state index contributed by atoms with van der Waals surface area (Å²) < 4.78 is 34.1. The molecule has 0 spiro atoms. The van der Waals surface area contributed by atoms with Crippen LogP contribution < -0.4 is 10.0 Å². The van der Waals surface area contributed by atoms with Crippen LogP contribution in [-0.4, -0.2) is 45.5 Å². The van der Waals surface area contributed by atoms with Gasteiger partial charge in [0.15, 0.2) is 0 Å². The van der Waals surface area contributed by atoms with E-state index in [4.69, 9.17) is 4.74 Å². The molecule has 4 rings (SSSR count). The summed E-state index contributed by atoms with van der Waals surface area (Å²) >= 11 is 0. The molecule has 1 aliphatic heterocycles. The Morgan fingerprint density at radius 3 is 2.47 bits per heavy atom. The molecule has 0 aliphatic carbocycles. The minimum atomic E-state index is -3.82. The maximum Gasteiger partial charge on any atom is 0.262 e. The van der Waals surface area contributed by atoms with E-state index in [2.05, 4.69) is 14.9 Å². The summed E-state index contributed by atoms with van der Waals surface area (Å²) in [4.78, 5) is 15.3. The number of ether oxygens (including phenoxy) is 1. The first-order chi connectivity index (χ1) is 16.3. The molecule has 1 fully saturated rings. The summed E-state index contributed by atoms with van der Waals surface area (Å²) in [7, 11) is -3.82. The van der Waals surface area contributed by atoms with Crippen LogP contribution in [0.4, 0.5) is 11.4 Å². The Labute approximate surface area is 200 Å². The average Bonchev–Trinajstić information content (AvgIpc) is 2.81. The number of anilines is 2. The van der Waals surface area contributed by atoms with Crippen LogP contribution in [0.1, 0.15) is 27.0 Å². The van der Waals surface area contributed by atoms with Crippen LogP contribution >= 0.6 is 0 Å². The van der Waals surface area contributed by atoms with Gasteiger partial charge in [-0.2, -0.15) is 0 Å². The maximum atomic E-state index is 13.0. The van der Waals surface area contributed by atoms with Crippen LogP contribution in [0.2, 0.25) is 0 Å². The van der Waals surface area contributed by atoms with Crippen LogP contribution in [0.25, 0.3) is 0 Å². The van der Waals surface area contributed by atoms with E-state index < -0.39 is 10.0 Å². The van der Waals surface area contributed by atoms with Crippen molar-refractivity contribution in [2.75, 3.05) is 36.3 Å². The standard InChI is InChI=1S/C26H29N3O4S/c1-19-5-3-8-24(15-19)28-34(31,32)25-17-23(10-9-20(25)2)27-26(30)22-7-4-6-21(16-22)18-29-11-13-33-14-12-29/h3-10,15-17,28H,11-14,18H2,1-2H3,(H,27,30). The molecule has 1 heterocycles. The van der Waals surface area contributed by atoms with Crippen LogP contribution in [-0.2, 0) is 21.3 Å². The lowest BCUT2D eigenvalue weighted by atomic mass is 10.1.